The summed E-state index contributed by atoms with van der Waals surface area (Å²) >= 11 is 0. The Labute approximate surface area is 78.9 Å². The van der Waals surface area contributed by atoms with E-state index < -0.39 is 5.97 Å². The van der Waals surface area contributed by atoms with Crippen molar-refractivity contribution in [1.29, 1.82) is 0 Å². The summed E-state index contributed by atoms with van der Waals surface area (Å²) in [5, 5.41) is 10.4. The quantitative estimate of drug-likeness (QED) is 0.358. The van der Waals surface area contributed by atoms with Gasteiger partial charge < -0.3 is 14.8 Å². The van der Waals surface area contributed by atoms with Gasteiger partial charge in [-0.2, -0.15) is 0 Å². The molecule has 0 spiro atoms. The van der Waals surface area contributed by atoms with Crippen LogP contribution in [-0.2, 0) is 4.79 Å². The summed E-state index contributed by atoms with van der Waals surface area (Å²) in [7, 11) is 1.94. The van der Waals surface area contributed by atoms with Crippen molar-refractivity contribution < 1.29 is 28.8 Å². The minimum Gasteiger partial charge on any atom is -0.550 e. The van der Waals surface area contributed by atoms with E-state index in [-0.39, 0.29) is 24.8 Å². The van der Waals surface area contributed by atoms with Gasteiger partial charge in [0.2, 0.25) is 0 Å². The Balaban J connectivity index is 0.000001000. The van der Waals surface area contributed by atoms with E-state index >= 15 is 0 Å². The number of likely N-dealkylation sites (tertiary alicyclic amines) is 1. The molecule has 58 valence electrons. The number of rotatable bonds is 1. The summed E-state index contributed by atoms with van der Waals surface area (Å²) in [6, 6.07) is 0. The SMILES string of the molecule is CN1CCCC(C(=O)[O-])C1.[Li+]. The standard InChI is InChI=1S/C7H13NO2.Li/c1-8-4-2-3-6(5-8)7(9)10;/h6H,2-5H2,1H3,(H,9,10);/q;+1/p-1. The summed E-state index contributed by atoms with van der Waals surface area (Å²) in [6.07, 6.45) is 1.77. The summed E-state index contributed by atoms with van der Waals surface area (Å²) in [5.41, 5.74) is 0. The molecule has 1 rings (SSSR count). The zero-order valence-electron chi connectivity index (χ0n) is 7.17. The van der Waals surface area contributed by atoms with Crippen molar-refractivity contribution in [2.45, 2.75) is 12.8 Å². The van der Waals surface area contributed by atoms with Crippen LogP contribution in [0.15, 0.2) is 0 Å². The van der Waals surface area contributed by atoms with Gasteiger partial charge in [-0.15, -0.1) is 0 Å². The summed E-state index contributed by atoms with van der Waals surface area (Å²) in [5.74, 6) is -1.13. The zero-order valence-corrected chi connectivity index (χ0v) is 7.17. The fourth-order valence-electron chi connectivity index (χ4n) is 1.36. The fraction of sp³-hybridized carbons (Fsp3) is 0.857. The molecule has 1 unspecified atom stereocenters. The van der Waals surface area contributed by atoms with E-state index in [1.807, 2.05) is 11.9 Å². The van der Waals surface area contributed by atoms with E-state index in [2.05, 4.69) is 0 Å². The maximum atomic E-state index is 10.4. The molecule has 11 heavy (non-hydrogen) atoms. The maximum Gasteiger partial charge on any atom is 1.00 e. The van der Waals surface area contributed by atoms with Gasteiger partial charge in [0, 0.05) is 18.4 Å². The summed E-state index contributed by atoms with van der Waals surface area (Å²) in [4.78, 5) is 12.4. The number of carboxylic acids is 1. The first-order valence-corrected chi connectivity index (χ1v) is 3.59. The molecule has 0 aromatic rings. The normalized spacial score (nSPS) is 25.7. The molecular formula is C7H12LiNO2. The average Bonchev–Trinajstić information content (AvgIpc) is 1.88. The van der Waals surface area contributed by atoms with E-state index in [0.29, 0.717) is 6.54 Å². The van der Waals surface area contributed by atoms with Crippen molar-refractivity contribution in [2.75, 3.05) is 20.1 Å². The molecule has 0 aliphatic carbocycles. The van der Waals surface area contributed by atoms with Crippen LogP contribution in [0.2, 0.25) is 0 Å². The molecule has 3 nitrogen and oxygen atoms in total. The molecule has 0 amide bonds. The fourth-order valence-corrected chi connectivity index (χ4v) is 1.36. The Bertz CT molecular complexity index is 140. The third-order valence-electron chi connectivity index (χ3n) is 1.96. The number of carboxylic acid groups (broad SMARTS) is 1. The minimum atomic E-state index is -0.897. The van der Waals surface area contributed by atoms with Crippen LogP contribution < -0.4 is 24.0 Å². The van der Waals surface area contributed by atoms with Crippen molar-refractivity contribution in [1.82, 2.24) is 4.90 Å². The van der Waals surface area contributed by atoms with Crippen LogP contribution in [0.4, 0.5) is 0 Å². The van der Waals surface area contributed by atoms with Gasteiger partial charge in [0.25, 0.3) is 0 Å². The Morgan fingerprint density at radius 3 is 2.64 bits per heavy atom. The molecule has 0 radical (unpaired) electrons. The Kier molecular flexibility index (Phi) is 4.83. The molecule has 0 bridgehead atoms. The second-order valence-electron chi connectivity index (χ2n) is 2.92. The second-order valence-corrected chi connectivity index (χ2v) is 2.92. The van der Waals surface area contributed by atoms with Gasteiger partial charge in [-0.05, 0) is 26.4 Å². The third-order valence-corrected chi connectivity index (χ3v) is 1.96. The molecule has 0 aromatic heterocycles. The van der Waals surface area contributed by atoms with Crippen molar-refractivity contribution in [3.05, 3.63) is 0 Å². The predicted octanol–water partition coefficient (Wildman–Crippen LogP) is -3.92. The van der Waals surface area contributed by atoms with Gasteiger partial charge in [0.1, 0.15) is 0 Å². The Morgan fingerprint density at radius 1 is 1.64 bits per heavy atom. The topological polar surface area (TPSA) is 43.4 Å². The molecule has 0 aromatic carbocycles. The van der Waals surface area contributed by atoms with E-state index in [4.69, 9.17) is 0 Å². The molecule has 1 aliphatic heterocycles. The molecule has 4 heteroatoms. The molecule has 1 fully saturated rings. The molecule has 1 saturated heterocycles. The molecule has 1 atom stereocenters. The van der Waals surface area contributed by atoms with Gasteiger partial charge in [-0.1, -0.05) is 0 Å². The maximum absolute atomic E-state index is 10.4. The molecule has 0 N–H and O–H groups in total. The first kappa shape index (κ1) is 11.0. The largest absolute Gasteiger partial charge is 1.00 e. The van der Waals surface area contributed by atoms with E-state index in [1.165, 1.54) is 0 Å². The second kappa shape index (κ2) is 4.82. The van der Waals surface area contributed by atoms with Crippen LogP contribution in [0, 0.1) is 5.92 Å². The van der Waals surface area contributed by atoms with Crippen molar-refractivity contribution in [3.63, 3.8) is 0 Å². The van der Waals surface area contributed by atoms with E-state index in [1.54, 1.807) is 0 Å². The third kappa shape index (κ3) is 3.28. The molecule has 1 heterocycles. The average molecular weight is 149 g/mol. The van der Waals surface area contributed by atoms with Crippen molar-refractivity contribution in [3.8, 4) is 0 Å². The van der Waals surface area contributed by atoms with E-state index in [9.17, 15) is 9.90 Å². The minimum absolute atomic E-state index is 0. The van der Waals surface area contributed by atoms with Crippen molar-refractivity contribution in [2.24, 2.45) is 5.92 Å². The van der Waals surface area contributed by atoms with Gasteiger partial charge in [-0.3, -0.25) is 0 Å². The van der Waals surface area contributed by atoms with Gasteiger partial charge >= 0.3 is 18.9 Å². The number of carbonyl (C=O) groups is 1. The number of piperidine rings is 1. The van der Waals surface area contributed by atoms with Gasteiger partial charge in [0.05, 0.1) is 0 Å². The number of nitrogens with zero attached hydrogens (tertiary/aromatic N) is 1. The number of hydrogen-bond donors (Lipinski definition) is 0. The number of hydrogen-bond acceptors (Lipinski definition) is 3. The molecule has 1 aliphatic rings. The van der Waals surface area contributed by atoms with Crippen LogP contribution in [0.3, 0.4) is 0 Å². The van der Waals surface area contributed by atoms with Crippen LogP contribution in [0.25, 0.3) is 0 Å². The van der Waals surface area contributed by atoms with Crippen LogP contribution in [-0.4, -0.2) is 31.0 Å². The monoisotopic (exact) mass is 149 g/mol. The number of carbonyl (C=O) groups excluding carboxylic acids is 1. The van der Waals surface area contributed by atoms with Gasteiger partial charge in [0.15, 0.2) is 0 Å². The molecule has 0 saturated carbocycles. The Morgan fingerprint density at radius 2 is 2.27 bits per heavy atom. The summed E-state index contributed by atoms with van der Waals surface area (Å²) in [6.45, 7) is 1.67. The van der Waals surface area contributed by atoms with E-state index in [0.717, 1.165) is 19.4 Å². The smallest absolute Gasteiger partial charge is 0.550 e. The summed E-state index contributed by atoms with van der Waals surface area (Å²) < 4.78 is 0. The van der Waals surface area contributed by atoms with Crippen LogP contribution in [0.1, 0.15) is 12.8 Å². The van der Waals surface area contributed by atoms with Crippen LogP contribution >= 0.6 is 0 Å². The number of aliphatic carboxylic acids is 1. The Hall–Kier alpha value is 0.0274. The van der Waals surface area contributed by atoms with Gasteiger partial charge in [-0.25, -0.2) is 0 Å². The predicted molar refractivity (Wildman–Crippen MR) is 35.2 cm³/mol. The van der Waals surface area contributed by atoms with Crippen LogP contribution in [0.5, 0.6) is 0 Å². The van der Waals surface area contributed by atoms with Crippen molar-refractivity contribution >= 4 is 5.97 Å². The molecular weight excluding hydrogens is 137 g/mol. The first-order valence-electron chi connectivity index (χ1n) is 3.59. The zero-order chi connectivity index (χ0) is 7.56. The first-order chi connectivity index (χ1) is 4.70.